The fraction of sp³-hybridized carbons (Fsp3) is 0.765. The summed E-state index contributed by atoms with van der Waals surface area (Å²) in [5, 5.41) is 8.46. The van der Waals surface area contributed by atoms with Gasteiger partial charge in [0.25, 0.3) is 0 Å². The van der Waals surface area contributed by atoms with Crippen LogP contribution in [0, 0.1) is 0 Å². The highest BCUT2D eigenvalue weighted by atomic mass is 16.4. The van der Waals surface area contributed by atoms with Crippen LogP contribution in [-0.4, -0.2) is 16.9 Å². The molecule has 3 nitrogen and oxygen atoms in total. The molecule has 0 radical (unpaired) electrons. The van der Waals surface area contributed by atoms with E-state index in [4.69, 9.17) is 5.11 Å². The zero-order chi connectivity index (χ0) is 15.1. The fourth-order valence-electron chi connectivity index (χ4n) is 2.08. The minimum Gasteiger partial charge on any atom is -0.481 e. The van der Waals surface area contributed by atoms with Crippen LogP contribution in [0.2, 0.25) is 0 Å². The number of rotatable bonds is 14. The van der Waals surface area contributed by atoms with Gasteiger partial charge in [-0.2, -0.15) is 0 Å². The topological polar surface area (TPSA) is 54.4 Å². The van der Waals surface area contributed by atoms with Gasteiger partial charge in [-0.25, -0.2) is 0 Å². The molecule has 0 rings (SSSR count). The van der Waals surface area contributed by atoms with Crippen LogP contribution < -0.4 is 0 Å². The molecule has 0 heterocycles. The van der Waals surface area contributed by atoms with Gasteiger partial charge in [0.05, 0.1) is 0 Å². The van der Waals surface area contributed by atoms with Crippen molar-refractivity contribution in [2.75, 3.05) is 0 Å². The summed E-state index contributed by atoms with van der Waals surface area (Å²) < 4.78 is 0. The molecule has 0 fully saturated rings. The van der Waals surface area contributed by atoms with Crippen LogP contribution in [0.15, 0.2) is 12.2 Å². The van der Waals surface area contributed by atoms with Gasteiger partial charge in [-0.3, -0.25) is 9.59 Å². The Bertz CT molecular complexity index is 282. The summed E-state index contributed by atoms with van der Waals surface area (Å²) in [4.78, 5) is 21.9. The third-order valence-electron chi connectivity index (χ3n) is 3.33. The van der Waals surface area contributed by atoms with Gasteiger partial charge in [0.2, 0.25) is 0 Å². The van der Waals surface area contributed by atoms with Crippen molar-refractivity contribution in [1.29, 1.82) is 0 Å². The van der Waals surface area contributed by atoms with E-state index in [9.17, 15) is 9.59 Å². The number of carboxylic acid groups (broad SMARTS) is 1. The number of carboxylic acids is 1. The number of hydrogen-bond donors (Lipinski definition) is 1. The molecule has 0 bridgehead atoms. The summed E-state index contributed by atoms with van der Waals surface area (Å²) in [6, 6.07) is 0. The lowest BCUT2D eigenvalue weighted by Gasteiger charge is -2.01. The third-order valence-corrected chi connectivity index (χ3v) is 3.33. The van der Waals surface area contributed by atoms with Crippen molar-refractivity contribution in [3.63, 3.8) is 0 Å². The number of unbranched alkanes of at least 4 members (excludes halogenated alkanes) is 6. The molecular weight excluding hydrogens is 252 g/mol. The zero-order valence-electron chi connectivity index (χ0n) is 12.9. The first-order valence-corrected chi connectivity index (χ1v) is 8.05. The second-order valence-corrected chi connectivity index (χ2v) is 5.35. The lowest BCUT2D eigenvalue weighted by molar-refractivity contribution is -0.136. The molecule has 0 atom stereocenters. The Hall–Kier alpha value is -1.12. The van der Waals surface area contributed by atoms with Crippen molar-refractivity contribution >= 4 is 11.8 Å². The molecule has 0 spiro atoms. The molecule has 0 aromatic carbocycles. The predicted molar refractivity (Wildman–Crippen MR) is 82.9 cm³/mol. The smallest absolute Gasteiger partial charge is 0.303 e. The fourth-order valence-corrected chi connectivity index (χ4v) is 2.08. The molecular formula is C17H30O3. The number of ketones is 1. The molecule has 116 valence electrons. The summed E-state index contributed by atoms with van der Waals surface area (Å²) in [5.41, 5.74) is 0. The summed E-state index contributed by atoms with van der Waals surface area (Å²) in [6.07, 6.45) is 15.1. The monoisotopic (exact) mass is 282 g/mol. The van der Waals surface area contributed by atoms with Gasteiger partial charge < -0.3 is 5.11 Å². The van der Waals surface area contributed by atoms with E-state index in [0.717, 1.165) is 32.1 Å². The van der Waals surface area contributed by atoms with Gasteiger partial charge in [0, 0.05) is 19.3 Å². The quantitative estimate of drug-likeness (QED) is 0.364. The van der Waals surface area contributed by atoms with Crippen molar-refractivity contribution in [2.45, 2.75) is 84.0 Å². The van der Waals surface area contributed by atoms with Gasteiger partial charge in [-0.15, -0.1) is 0 Å². The predicted octanol–water partition coefficient (Wildman–Crippen LogP) is 4.90. The second-order valence-electron chi connectivity index (χ2n) is 5.35. The van der Waals surface area contributed by atoms with Crippen molar-refractivity contribution in [3.8, 4) is 0 Å². The highest BCUT2D eigenvalue weighted by molar-refractivity contribution is 5.78. The Morgan fingerprint density at radius 2 is 1.40 bits per heavy atom. The van der Waals surface area contributed by atoms with Crippen molar-refractivity contribution in [1.82, 2.24) is 0 Å². The Labute approximate surface area is 123 Å². The van der Waals surface area contributed by atoms with Crippen LogP contribution in [-0.2, 0) is 9.59 Å². The summed E-state index contributed by atoms with van der Waals surface area (Å²) >= 11 is 0. The molecule has 0 saturated carbocycles. The van der Waals surface area contributed by atoms with Gasteiger partial charge in [-0.1, -0.05) is 44.8 Å². The van der Waals surface area contributed by atoms with E-state index in [2.05, 4.69) is 6.92 Å². The molecule has 0 unspecified atom stereocenters. The van der Waals surface area contributed by atoms with Gasteiger partial charge in [0.1, 0.15) is 5.78 Å². The van der Waals surface area contributed by atoms with Crippen molar-refractivity contribution < 1.29 is 14.7 Å². The normalized spacial score (nSPS) is 11.1. The number of carbonyl (C=O) groups is 2. The standard InChI is InChI=1S/C17H30O3/c1-2-3-4-7-10-13-16(18)14-11-8-5-6-9-12-15-17(19)20/h6,9H,2-5,7-8,10-15H2,1H3,(H,19,20). The van der Waals surface area contributed by atoms with E-state index >= 15 is 0 Å². The molecule has 0 saturated heterocycles. The van der Waals surface area contributed by atoms with E-state index in [0.29, 0.717) is 18.6 Å². The van der Waals surface area contributed by atoms with E-state index in [-0.39, 0.29) is 6.42 Å². The van der Waals surface area contributed by atoms with Gasteiger partial charge in [0.15, 0.2) is 0 Å². The van der Waals surface area contributed by atoms with Crippen LogP contribution in [0.4, 0.5) is 0 Å². The van der Waals surface area contributed by atoms with Gasteiger partial charge >= 0.3 is 5.97 Å². The van der Waals surface area contributed by atoms with E-state index in [1.807, 2.05) is 12.2 Å². The van der Waals surface area contributed by atoms with Crippen LogP contribution in [0.3, 0.4) is 0 Å². The second kappa shape index (κ2) is 14.3. The first-order valence-electron chi connectivity index (χ1n) is 8.05. The lowest BCUT2D eigenvalue weighted by Crippen LogP contribution is -1.97. The number of hydrogen-bond acceptors (Lipinski definition) is 2. The third kappa shape index (κ3) is 14.9. The maximum Gasteiger partial charge on any atom is 0.303 e. The summed E-state index contributed by atoms with van der Waals surface area (Å²) in [5.74, 6) is -0.351. The first-order chi connectivity index (χ1) is 9.66. The molecule has 0 aromatic heterocycles. The minimum atomic E-state index is -0.751. The lowest BCUT2D eigenvalue weighted by atomic mass is 10.0. The zero-order valence-corrected chi connectivity index (χ0v) is 12.9. The molecule has 0 aliphatic heterocycles. The van der Waals surface area contributed by atoms with E-state index < -0.39 is 5.97 Å². The average Bonchev–Trinajstić information content (AvgIpc) is 2.41. The van der Waals surface area contributed by atoms with Crippen LogP contribution in [0.1, 0.15) is 84.0 Å². The Morgan fingerprint density at radius 1 is 0.800 bits per heavy atom. The van der Waals surface area contributed by atoms with E-state index in [1.54, 1.807) is 0 Å². The summed E-state index contributed by atoms with van der Waals surface area (Å²) in [7, 11) is 0. The number of Topliss-reactive ketones (excluding diaryl/α,β-unsaturated/α-hetero) is 1. The average molecular weight is 282 g/mol. The highest BCUT2D eigenvalue weighted by Gasteiger charge is 2.01. The molecule has 20 heavy (non-hydrogen) atoms. The molecule has 0 aliphatic rings. The summed E-state index contributed by atoms with van der Waals surface area (Å²) in [6.45, 7) is 2.20. The van der Waals surface area contributed by atoms with Crippen LogP contribution >= 0.6 is 0 Å². The van der Waals surface area contributed by atoms with E-state index in [1.165, 1.54) is 25.7 Å². The maximum atomic E-state index is 11.6. The SMILES string of the molecule is CCCCCCCC(=O)CCCCC=CCCC(=O)O. The molecule has 0 aromatic rings. The van der Waals surface area contributed by atoms with Crippen molar-refractivity contribution in [2.24, 2.45) is 0 Å². The number of allylic oxidation sites excluding steroid dienone is 2. The highest BCUT2D eigenvalue weighted by Crippen LogP contribution is 2.09. The number of aliphatic carboxylic acids is 1. The van der Waals surface area contributed by atoms with Gasteiger partial charge in [-0.05, 0) is 32.1 Å². The first kappa shape index (κ1) is 18.9. The Morgan fingerprint density at radius 3 is 2.05 bits per heavy atom. The van der Waals surface area contributed by atoms with Crippen LogP contribution in [0.5, 0.6) is 0 Å². The molecule has 0 amide bonds. The largest absolute Gasteiger partial charge is 0.481 e. The number of carbonyl (C=O) groups excluding carboxylic acids is 1. The Balaban J connectivity index is 3.28. The molecule has 3 heteroatoms. The Kier molecular flexibility index (Phi) is 13.5. The van der Waals surface area contributed by atoms with Crippen LogP contribution in [0.25, 0.3) is 0 Å². The molecule has 1 N–H and O–H groups in total. The van der Waals surface area contributed by atoms with Crippen molar-refractivity contribution in [3.05, 3.63) is 12.2 Å². The minimum absolute atomic E-state index is 0.201. The molecule has 0 aliphatic carbocycles. The maximum absolute atomic E-state index is 11.6.